The van der Waals surface area contributed by atoms with Crippen molar-refractivity contribution in [3.63, 3.8) is 0 Å². The SMILES string of the molecule is Cc1cc(N[C@H](C)[C@H]2CCOC2)ccc1OCCN1CCCC1. The molecule has 2 aliphatic rings. The van der Waals surface area contributed by atoms with Crippen molar-refractivity contribution in [3.05, 3.63) is 23.8 Å². The molecular weight excluding hydrogens is 288 g/mol. The summed E-state index contributed by atoms with van der Waals surface area (Å²) in [6, 6.07) is 6.86. The third-order valence-corrected chi connectivity index (χ3v) is 5.11. The van der Waals surface area contributed by atoms with E-state index in [1.165, 1.54) is 37.2 Å². The van der Waals surface area contributed by atoms with Crippen molar-refractivity contribution < 1.29 is 9.47 Å². The number of ether oxygens (including phenoxy) is 2. The molecule has 3 rings (SSSR count). The van der Waals surface area contributed by atoms with Gasteiger partial charge in [0.15, 0.2) is 0 Å². The fourth-order valence-electron chi connectivity index (χ4n) is 3.52. The van der Waals surface area contributed by atoms with Crippen LogP contribution >= 0.6 is 0 Å². The van der Waals surface area contributed by atoms with Crippen molar-refractivity contribution in [3.8, 4) is 5.75 Å². The normalized spacial score (nSPS) is 23.1. The van der Waals surface area contributed by atoms with E-state index >= 15 is 0 Å². The minimum Gasteiger partial charge on any atom is -0.492 e. The van der Waals surface area contributed by atoms with Crippen molar-refractivity contribution >= 4 is 5.69 Å². The summed E-state index contributed by atoms with van der Waals surface area (Å²) in [6.07, 6.45) is 3.83. The summed E-state index contributed by atoms with van der Waals surface area (Å²) in [5.74, 6) is 1.62. The quantitative estimate of drug-likeness (QED) is 0.836. The Morgan fingerprint density at radius 1 is 1.35 bits per heavy atom. The topological polar surface area (TPSA) is 33.7 Å². The van der Waals surface area contributed by atoms with Crippen LogP contribution in [0.25, 0.3) is 0 Å². The van der Waals surface area contributed by atoms with Gasteiger partial charge in [-0.3, -0.25) is 4.90 Å². The summed E-state index contributed by atoms with van der Waals surface area (Å²) < 4.78 is 11.5. The summed E-state index contributed by atoms with van der Waals surface area (Å²) >= 11 is 0. The Kier molecular flexibility index (Phi) is 5.79. The van der Waals surface area contributed by atoms with Crippen molar-refractivity contribution in [2.45, 2.75) is 39.2 Å². The van der Waals surface area contributed by atoms with Crippen molar-refractivity contribution in [2.24, 2.45) is 5.92 Å². The molecule has 0 bridgehead atoms. The summed E-state index contributed by atoms with van der Waals surface area (Å²) in [6.45, 7) is 10.4. The van der Waals surface area contributed by atoms with E-state index < -0.39 is 0 Å². The van der Waals surface area contributed by atoms with Crippen LogP contribution < -0.4 is 10.1 Å². The molecule has 4 nitrogen and oxygen atoms in total. The number of hydrogen-bond acceptors (Lipinski definition) is 4. The van der Waals surface area contributed by atoms with Crippen molar-refractivity contribution in [1.29, 1.82) is 0 Å². The van der Waals surface area contributed by atoms with E-state index in [1.807, 2.05) is 0 Å². The van der Waals surface area contributed by atoms with Gasteiger partial charge in [-0.1, -0.05) is 0 Å². The minimum absolute atomic E-state index is 0.443. The fraction of sp³-hybridized carbons (Fsp3) is 0.684. The molecule has 1 aromatic rings. The Morgan fingerprint density at radius 3 is 2.87 bits per heavy atom. The largest absolute Gasteiger partial charge is 0.492 e. The molecule has 2 heterocycles. The molecule has 4 heteroatoms. The van der Waals surface area contributed by atoms with E-state index in [0.717, 1.165) is 38.5 Å². The average Bonchev–Trinajstić information content (AvgIpc) is 3.22. The van der Waals surface area contributed by atoms with E-state index in [0.29, 0.717) is 12.0 Å². The lowest BCUT2D eigenvalue weighted by Crippen LogP contribution is -2.26. The molecule has 0 aromatic heterocycles. The Morgan fingerprint density at radius 2 is 2.17 bits per heavy atom. The van der Waals surface area contributed by atoms with Gasteiger partial charge in [-0.2, -0.15) is 0 Å². The molecule has 1 N–H and O–H groups in total. The Bertz CT molecular complexity index is 494. The molecule has 128 valence electrons. The Hall–Kier alpha value is -1.26. The van der Waals surface area contributed by atoms with Crippen LogP contribution in [0.15, 0.2) is 18.2 Å². The number of likely N-dealkylation sites (tertiary alicyclic amines) is 1. The van der Waals surface area contributed by atoms with Gasteiger partial charge in [-0.05, 0) is 70.0 Å². The standard InChI is InChI=1S/C19H30N2O2/c1-15-13-18(20-16(2)17-7-11-22-14-17)5-6-19(15)23-12-10-21-8-3-4-9-21/h5-6,13,16-17,20H,3-4,7-12,14H2,1-2H3/t16-,17+/m1/s1. The fourth-order valence-corrected chi connectivity index (χ4v) is 3.52. The first-order valence-corrected chi connectivity index (χ1v) is 9.02. The lowest BCUT2D eigenvalue weighted by molar-refractivity contribution is 0.183. The van der Waals surface area contributed by atoms with E-state index in [-0.39, 0.29) is 0 Å². The van der Waals surface area contributed by atoms with Crippen LogP contribution in [0.4, 0.5) is 5.69 Å². The minimum atomic E-state index is 0.443. The summed E-state index contributed by atoms with van der Waals surface area (Å²) in [5.41, 5.74) is 2.38. The zero-order chi connectivity index (χ0) is 16.1. The molecule has 0 unspecified atom stereocenters. The number of anilines is 1. The molecule has 2 fully saturated rings. The molecule has 2 atom stereocenters. The lowest BCUT2D eigenvalue weighted by atomic mass is 10.0. The number of nitrogens with one attached hydrogen (secondary N) is 1. The molecule has 2 saturated heterocycles. The molecule has 0 amide bonds. The second-order valence-corrected chi connectivity index (χ2v) is 6.93. The maximum Gasteiger partial charge on any atom is 0.122 e. The molecule has 0 saturated carbocycles. The van der Waals surface area contributed by atoms with Crippen molar-refractivity contribution in [1.82, 2.24) is 4.90 Å². The predicted molar refractivity (Wildman–Crippen MR) is 94.4 cm³/mol. The van der Waals surface area contributed by atoms with E-state index in [9.17, 15) is 0 Å². The van der Waals surface area contributed by atoms with Crippen LogP contribution in [0.2, 0.25) is 0 Å². The zero-order valence-electron chi connectivity index (χ0n) is 14.5. The highest BCUT2D eigenvalue weighted by Gasteiger charge is 2.22. The summed E-state index contributed by atoms with van der Waals surface area (Å²) in [7, 11) is 0. The first-order valence-electron chi connectivity index (χ1n) is 9.02. The Labute approximate surface area is 140 Å². The second-order valence-electron chi connectivity index (χ2n) is 6.93. The van der Waals surface area contributed by atoms with E-state index in [4.69, 9.17) is 9.47 Å². The monoisotopic (exact) mass is 318 g/mol. The molecular formula is C19H30N2O2. The smallest absolute Gasteiger partial charge is 0.122 e. The molecule has 0 aliphatic carbocycles. The number of aryl methyl sites for hydroxylation is 1. The van der Waals surface area contributed by atoms with Gasteiger partial charge in [-0.25, -0.2) is 0 Å². The van der Waals surface area contributed by atoms with Gasteiger partial charge >= 0.3 is 0 Å². The van der Waals surface area contributed by atoms with Gasteiger partial charge in [0.1, 0.15) is 12.4 Å². The highest BCUT2D eigenvalue weighted by atomic mass is 16.5. The van der Waals surface area contributed by atoms with Crippen LogP contribution in [0.1, 0.15) is 31.7 Å². The van der Waals surface area contributed by atoms with Crippen molar-refractivity contribution in [2.75, 3.05) is 44.8 Å². The number of hydrogen-bond donors (Lipinski definition) is 1. The first-order chi connectivity index (χ1) is 11.2. The summed E-state index contributed by atoms with van der Waals surface area (Å²) in [4.78, 5) is 2.48. The Balaban J connectivity index is 1.48. The maximum atomic E-state index is 5.97. The average molecular weight is 318 g/mol. The van der Waals surface area contributed by atoms with Crippen LogP contribution in [0.3, 0.4) is 0 Å². The third-order valence-electron chi connectivity index (χ3n) is 5.11. The zero-order valence-corrected chi connectivity index (χ0v) is 14.5. The van der Waals surface area contributed by atoms with Gasteiger partial charge in [0.2, 0.25) is 0 Å². The van der Waals surface area contributed by atoms with Gasteiger partial charge < -0.3 is 14.8 Å². The number of benzene rings is 1. The molecule has 2 aliphatic heterocycles. The first kappa shape index (κ1) is 16.6. The van der Waals surface area contributed by atoms with E-state index in [1.54, 1.807) is 0 Å². The molecule has 0 spiro atoms. The van der Waals surface area contributed by atoms with Gasteiger partial charge in [0.25, 0.3) is 0 Å². The van der Waals surface area contributed by atoms with Crippen LogP contribution in [-0.4, -0.2) is 50.4 Å². The number of nitrogens with zero attached hydrogens (tertiary/aromatic N) is 1. The number of rotatable bonds is 7. The summed E-state index contributed by atoms with van der Waals surface area (Å²) in [5, 5.41) is 3.61. The van der Waals surface area contributed by atoms with Gasteiger partial charge in [-0.15, -0.1) is 0 Å². The molecule has 0 radical (unpaired) electrons. The van der Waals surface area contributed by atoms with Gasteiger partial charge in [0, 0.05) is 30.8 Å². The van der Waals surface area contributed by atoms with Crippen LogP contribution in [-0.2, 0) is 4.74 Å². The highest BCUT2D eigenvalue weighted by Crippen LogP contribution is 2.25. The molecule has 23 heavy (non-hydrogen) atoms. The van der Waals surface area contributed by atoms with Crippen LogP contribution in [0.5, 0.6) is 5.75 Å². The maximum absolute atomic E-state index is 5.97. The van der Waals surface area contributed by atoms with Gasteiger partial charge in [0.05, 0.1) is 6.61 Å². The third kappa shape index (κ3) is 4.61. The highest BCUT2D eigenvalue weighted by molar-refractivity contribution is 5.51. The molecule has 1 aromatic carbocycles. The van der Waals surface area contributed by atoms with Crippen LogP contribution in [0, 0.1) is 12.8 Å². The van der Waals surface area contributed by atoms with E-state index in [2.05, 4.69) is 42.3 Å². The predicted octanol–water partition coefficient (Wildman–Crippen LogP) is 3.31. The second kappa shape index (κ2) is 8.02. The lowest BCUT2D eigenvalue weighted by Gasteiger charge is -2.21.